The molecule has 0 aromatic heterocycles. The minimum Gasteiger partial charge on any atom is -0.352 e. The molecule has 0 bridgehead atoms. The summed E-state index contributed by atoms with van der Waals surface area (Å²) < 4.78 is 0.955. The van der Waals surface area contributed by atoms with Crippen molar-refractivity contribution in [2.24, 2.45) is 0 Å². The van der Waals surface area contributed by atoms with Gasteiger partial charge in [-0.2, -0.15) is 0 Å². The number of halogens is 1. The van der Waals surface area contributed by atoms with Gasteiger partial charge in [0.15, 0.2) is 0 Å². The molecule has 162 valence electrons. The molecule has 0 radical (unpaired) electrons. The lowest BCUT2D eigenvalue weighted by molar-refractivity contribution is -0.140. The van der Waals surface area contributed by atoms with Crippen LogP contribution in [-0.4, -0.2) is 28.8 Å². The second kappa shape index (κ2) is 11.3. The highest BCUT2D eigenvalue weighted by molar-refractivity contribution is 9.10. The zero-order valence-electron chi connectivity index (χ0n) is 18.6. The average Bonchev–Trinajstić information content (AvgIpc) is 2.69. The summed E-state index contributed by atoms with van der Waals surface area (Å²) in [5.74, 6) is 0.339. The number of hydrogen-bond donors (Lipinski definition) is 1. The molecule has 0 aliphatic heterocycles. The largest absolute Gasteiger partial charge is 0.352 e. The Balaban J connectivity index is 2.13. The molecule has 0 aliphatic carbocycles. The molecule has 0 spiro atoms. The van der Waals surface area contributed by atoms with E-state index in [4.69, 9.17) is 0 Å². The lowest BCUT2D eigenvalue weighted by Crippen LogP contribution is -2.49. The molecule has 0 fully saturated rings. The van der Waals surface area contributed by atoms with Crippen molar-refractivity contribution in [3.63, 3.8) is 0 Å². The molecule has 0 heterocycles. The maximum Gasteiger partial charge on any atom is 0.242 e. The smallest absolute Gasteiger partial charge is 0.242 e. The minimum absolute atomic E-state index is 0.0192. The summed E-state index contributed by atoms with van der Waals surface area (Å²) in [7, 11) is 0. The van der Waals surface area contributed by atoms with Crippen molar-refractivity contribution in [2.75, 3.05) is 0 Å². The lowest BCUT2D eigenvalue weighted by Gasteiger charge is -2.29. The van der Waals surface area contributed by atoms with Crippen molar-refractivity contribution in [1.82, 2.24) is 10.2 Å². The number of nitrogens with one attached hydrogen (secondary N) is 1. The van der Waals surface area contributed by atoms with Crippen LogP contribution in [-0.2, 0) is 22.6 Å². The molecule has 1 atom stereocenters. The van der Waals surface area contributed by atoms with E-state index in [2.05, 4.69) is 59.4 Å². The molecule has 4 nitrogen and oxygen atoms in total. The second-order valence-corrected chi connectivity index (χ2v) is 9.30. The van der Waals surface area contributed by atoms with E-state index >= 15 is 0 Å². The van der Waals surface area contributed by atoms with Gasteiger partial charge in [0.05, 0.1) is 0 Å². The molecule has 5 heteroatoms. The molecule has 30 heavy (non-hydrogen) atoms. The van der Waals surface area contributed by atoms with Crippen molar-refractivity contribution in [2.45, 2.75) is 72.0 Å². The number of rotatable bonds is 9. The van der Waals surface area contributed by atoms with Gasteiger partial charge in [-0.25, -0.2) is 0 Å². The maximum atomic E-state index is 13.1. The summed E-state index contributed by atoms with van der Waals surface area (Å²) in [5, 5.41) is 2.92. The molecule has 0 saturated heterocycles. The number of benzene rings is 2. The lowest BCUT2D eigenvalue weighted by atomic mass is 10.00. The van der Waals surface area contributed by atoms with Crippen LogP contribution >= 0.6 is 15.9 Å². The van der Waals surface area contributed by atoms with Gasteiger partial charge in [0.2, 0.25) is 11.8 Å². The number of aryl methyl sites for hydroxylation is 1. The second-order valence-electron chi connectivity index (χ2n) is 8.39. The fraction of sp³-hybridized carbons (Fsp3) is 0.440. The molecule has 2 rings (SSSR count). The van der Waals surface area contributed by atoms with Crippen LogP contribution in [0.25, 0.3) is 0 Å². The van der Waals surface area contributed by atoms with Crippen molar-refractivity contribution in [3.8, 4) is 0 Å². The number of hydrogen-bond acceptors (Lipinski definition) is 2. The first kappa shape index (κ1) is 24.1. The molecule has 2 aromatic carbocycles. The third-order valence-corrected chi connectivity index (χ3v) is 5.61. The summed E-state index contributed by atoms with van der Waals surface area (Å²) in [6.45, 7) is 10.4. The predicted octanol–water partition coefficient (Wildman–Crippen LogP) is 5.45. The molecule has 0 saturated carbocycles. The molecular formula is C25H33BrN2O2. The standard InChI is InChI=1S/C25H33BrN2O2/c1-17(2)22-12-9-20(10-13-22)11-14-24(29)28(19(5)25(30)27-18(3)4)16-21-7-6-8-23(26)15-21/h6-10,12-13,15,17-19H,11,14,16H2,1-5H3,(H,27,30)/t19-/m1/s1. The van der Waals surface area contributed by atoms with Gasteiger partial charge >= 0.3 is 0 Å². The Kier molecular flexibility index (Phi) is 9.09. The van der Waals surface area contributed by atoms with Crippen LogP contribution in [0.4, 0.5) is 0 Å². The summed E-state index contributed by atoms with van der Waals surface area (Å²) in [5.41, 5.74) is 3.41. The Morgan fingerprint density at radius 2 is 1.63 bits per heavy atom. The van der Waals surface area contributed by atoms with E-state index in [0.717, 1.165) is 15.6 Å². The normalized spacial score (nSPS) is 12.1. The molecule has 0 unspecified atom stereocenters. The van der Waals surface area contributed by atoms with Crippen LogP contribution < -0.4 is 5.32 Å². The minimum atomic E-state index is -0.540. The van der Waals surface area contributed by atoms with Crippen LogP contribution in [0.15, 0.2) is 53.0 Å². The maximum absolute atomic E-state index is 13.1. The number of carbonyl (C=O) groups excluding carboxylic acids is 2. The van der Waals surface area contributed by atoms with Gasteiger partial charge in [0.1, 0.15) is 6.04 Å². The quantitative estimate of drug-likeness (QED) is 0.527. The third-order valence-electron chi connectivity index (χ3n) is 5.11. The fourth-order valence-corrected chi connectivity index (χ4v) is 3.73. The number of amides is 2. The van der Waals surface area contributed by atoms with Gasteiger partial charge in [0.25, 0.3) is 0 Å². The first-order valence-corrected chi connectivity index (χ1v) is 11.4. The van der Waals surface area contributed by atoms with E-state index < -0.39 is 6.04 Å². The zero-order chi connectivity index (χ0) is 22.3. The van der Waals surface area contributed by atoms with Crippen molar-refractivity contribution in [1.29, 1.82) is 0 Å². The highest BCUT2D eigenvalue weighted by atomic mass is 79.9. The fourth-order valence-electron chi connectivity index (χ4n) is 3.28. The van der Waals surface area contributed by atoms with E-state index in [9.17, 15) is 9.59 Å². The summed E-state index contributed by atoms with van der Waals surface area (Å²) in [6, 6.07) is 15.8. The van der Waals surface area contributed by atoms with E-state index in [1.165, 1.54) is 5.56 Å². The van der Waals surface area contributed by atoms with Gasteiger partial charge in [-0.3, -0.25) is 9.59 Å². The Labute approximate surface area is 189 Å². The summed E-state index contributed by atoms with van der Waals surface area (Å²) in [4.78, 5) is 27.4. The Morgan fingerprint density at radius 1 is 0.967 bits per heavy atom. The van der Waals surface area contributed by atoms with Crippen LogP contribution in [0.5, 0.6) is 0 Å². The predicted molar refractivity (Wildman–Crippen MR) is 126 cm³/mol. The van der Waals surface area contributed by atoms with Crippen LogP contribution in [0.3, 0.4) is 0 Å². The van der Waals surface area contributed by atoms with Gasteiger partial charge in [-0.15, -0.1) is 0 Å². The number of carbonyl (C=O) groups is 2. The van der Waals surface area contributed by atoms with E-state index in [1.54, 1.807) is 11.8 Å². The highest BCUT2D eigenvalue weighted by Crippen LogP contribution is 2.18. The average molecular weight is 473 g/mol. The van der Waals surface area contributed by atoms with E-state index in [1.807, 2.05) is 38.1 Å². The molecule has 2 aromatic rings. The van der Waals surface area contributed by atoms with Crippen molar-refractivity contribution in [3.05, 3.63) is 69.7 Å². The Bertz CT molecular complexity index is 846. The Hall–Kier alpha value is -2.14. The van der Waals surface area contributed by atoms with E-state index in [-0.39, 0.29) is 17.9 Å². The van der Waals surface area contributed by atoms with Crippen molar-refractivity contribution >= 4 is 27.7 Å². The SMILES string of the molecule is CC(C)NC(=O)[C@@H](C)N(Cc1cccc(Br)c1)C(=O)CCc1ccc(C(C)C)cc1. The highest BCUT2D eigenvalue weighted by Gasteiger charge is 2.26. The first-order valence-electron chi connectivity index (χ1n) is 10.6. The zero-order valence-corrected chi connectivity index (χ0v) is 20.2. The Morgan fingerprint density at radius 3 is 2.20 bits per heavy atom. The van der Waals surface area contributed by atoms with Gasteiger partial charge in [-0.1, -0.05) is 66.2 Å². The van der Waals surface area contributed by atoms with Gasteiger partial charge < -0.3 is 10.2 Å². The van der Waals surface area contributed by atoms with Crippen LogP contribution in [0.1, 0.15) is 63.6 Å². The van der Waals surface area contributed by atoms with E-state index in [0.29, 0.717) is 25.3 Å². The third kappa shape index (κ3) is 7.28. The molecular weight excluding hydrogens is 440 g/mol. The van der Waals surface area contributed by atoms with Gasteiger partial charge in [-0.05, 0) is 61.9 Å². The monoisotopic (exact) mass is 472 g/mol. The molecule has 2 amide bonds. The molecule has 1 N–H and O–H groups in total. The van der Waals surface area contributed by atoms with Crippen LogP contribution in [0.2, 0.25) is 0 Å². The first-order chi connectivity index (χ1) is 14.2. The van der Waals surface area contributed by atoms with Crippen LogP contribution in [0, 0.1) is 0 Å². The summed E-state index contributed by atoms with van der Waals surface area (Å²) in [6.07, 6.45) is 1.03. The molecule has 0 aliphatic rings. The topological polar surface area (TPSA) is 49.4 Å². The van der Waals surface area contributed by atoms with Gasteiger partial charge in [0, 0.05) is 23.5 Å². The van der Waals surface area contributed by atoms with Crippen molar-refractivity contribution < 1.29 is 9.59 Å². The summed E-state index contributed by atoms with van der Waals surface area (Å²) >= 11 is 3.48. The number of nitrogens with zero attached hydrogens (tertiary/aromatic N) is 1.